The van der Waals surface area contributed by atoms with E-state index in [0.29, 0.717) is 42.2 Å². The second-order valence-corrected chi connectivity index (χ2v) is 10.2. The highest BCUT2D eigenvalue weighted by atomic mass is 32.2. The molecule has 0 radical (unpaired) electrons. The highest BCUT2D eigenvalue weighted by Crippen LogP contribution is 2.07. The summed E-state index contributed by atoms with van der Waals surface area (Å²) in [6.45, 7) is 0.851. The van der Waals surface area contributed by atoms with E-state index in [0.717, 1.165) is 0 Å². The number of aliphatic hydroxyl groups is 2. The van der Waals surface area contributed by atoms with Crippen LogP contribution in [0.15, 0.2) is 0 Å². The normalized spacial score (nSPS) is 10.9. The molecule has 31 heavy (non-hydrogen) atoms. The number of carbonyl (C=O) groups is 2. The summed E-state index contributed by atoms with van der Waals surface area (Å²) < 4.78 is 9.98. The highest BCUT2D eigenvalue weighted by molar-refractivity contribution is 8.00. The maximum atomic E-state index is 11.5. The fourth-order valence-electron chi connectivity index (χ4n) is 1.33. The number of carbonyl (C=O) groups excluding carboxylic acids is 2. The van der Waals surface area contributed by atoms with E-state index in [1.165, 1.54) is 58.8 Å². The number of thioether (sulfide) groups is 5. The van der Waals surface area contributed by atoms with Crippen LogP contribution >= 0.6 is 58.8 Å². The van der Waals surface area contributed by atoms with Gasteiger partial charge in [-0.2, -0.15) is 0 Å². The molecule has 15 heteroatoms. The van der Waals surface area contributed by atoms with Crippen LogP contribution in [0.2, 0.25) is 0 Å². The number of aliphatic hydroxyl groups excluding tert-OH is 2. The lowest BCUT2D eigenvalue weighted by Gasteiger charge is -2.06. The van der Waals surface area contributed by atoms with Crippen LogP contribution in [-0.4, -0.2) is 107 Å². The first-order chi connectivity index (χ1) is 15.2. The van der Waals surface area contributed by atoms with Gasteiger partial charge < -0.3 is 19.7 Å². The Balaban J connectivity index is 3.22. The third-order valence-electron chi connectivity index (χ3n) is 2.57. The summed E-state index contributed by atoms with van der Waals surface area (Å²) >= 11 is 6.78. The molecule has 184 valence electrons. The minimum Gasteiger partial charge on any atom is -0.454 e. The lowest BCUT2D eigenvalue weighted by Crippen LogP contribution is -2.10. The summed E-state index contributed by atoms with van der Waals surface area (Å²) in [4.78, 5) is 42.6. The molecule has 0 unspecified atom stereocenters. The van der Waals surface area contributed by atoms with Gasteiger partial charge in [0.1, 0.15) is 23.8 Å². The molecule has 0 aromatic rings. The monoisotopic (exact) mass is 542 g/mol. The maximum Gasteiger partial charge on any atom is 0.316 e. The molecule has 0 aromatic heterocycles. The minimum absolute atomic E-state index is 0.0633. The molecule has 0 heterocycles. The van der Waals surface area contributed by atoms with Crippen molar-refractivity contribution in [3.63, 3.8) is 0 Å². The Labute approximate surface area is 203 Å². The SMILES string of the molecule is O=C(CSCCOOCSCOC(=O)CSCCOOCSCCO)OCSCCO. The van der Waals surface area contributed by atoms with E-state index in [-0.39, 0.29) is 54.5 Å². The summed E-state index contributed by atoms with van der Waals surface area (Å²) in [6.07, 6.45) is 0. The van der Waals surface area contributed by atoms with Crippen molar-refractivity contribution in [3.8, 4) is 0 Å². The third kappa shape index (κ3) is 26.6. The molecule has 0 saturated heterocycles. The molecule has 0 spiro atoms. The van der Waals surface area contributed by atoms with E-state index in [4.69, 9.17) is 39.2 Å². The van der Waals surface area contributed by atoms with Gasteiger partial charge in [-0.3, -0.25) is 9.59 Å². The van der Waals surface area contributed by atoms with Crippen LogP contribution in [-0.2, 0) is 38.6 Å². The second kappa shape index (κ2) is 26.7. The van der Waals surface area contributed by atoms with Crippen molar-refractivity contribution in [2.45, 2.75) is 0 Å². The molecule has 0 fully saturated rings. The molecule has 0 aliphatic carbocycles. The van der Waals surface area contributed by atoms with E-state index < -0.39 is 0 Å². The van der Waals surface area contributed by atoms with Gasteiger partial charge in [0.2, 0.25) is 0 Å². The van der Waals surface area contributed by atoms with Gasteiger partial charge in [0.15, 0.2) is 0 Å². The summed E-state index contributed by atoms with van der Waals surface area (Å²) in [5.41, 5.74) is 0. The summed E-state index contributed by atoms with van der Waals surface area (Å²) in [6, 6.07) is 0. The lowest BCUT2D eigenvalue weighted by molar-refractivity contribution is -0.274. The molecule has 0 bridgehead atoms. The molecule has 0 amide bonds. The van der Waals surface area contributed by atoms with E-state index in [2.05, 4.69) is 0 Å². The maximum absolute atomic E-state index is 11.5. The molecule has 0 aliphatic rings. The van der Waals surface area contributed by atoms with Crippen LogP contribution < -0.4 is 0 Å². The van der Waals surface area contributed by atoms with Gasteiger partial charge in [-0.15, -0.1) is 47.0 Å². The van der Waals surface area contributed by atoms with Gasteiger partial charge in [-0.25, -0.2) is 19.6 Å². The minimum atomic E-state index is -0.323. The van der Waals surface area contributed by atoms with Crippen LogP contribution in [0.25, 0.3) is 0 Å². The van der Waals surface area contributed by atoms with Crippen molar-refractivity contribution in [3.05, 3.63) is 0 Å². The van der Waals surface area contributed by atoms with Gasteiger partial charge in [-0.05, 0) is 0 Å². The highest BCUT2D eigenvalue weighted by Gasteiger charge is 2.04. The largest absolute Gasteiger partial charge is 0.454 e. The van der Waals surface area contributed by atoms with Crippen LogP contribution in [0.5, 0.6) is 0 Å². The number of hydrogen-bond donors (Lipinski definition) is 2. The first-order valence-corrected chi connectivity index (χ1v) is 14.9. The Kier molecular flexibility index (Phi) is 27.1. The standard InChI is InChI=1S/C16H30O10S5/c17-1-5-29-11-21-15(19)9-27-8-4-24-26-14-31-12-22-16(20)10-28-7-3-23-25-13-30-6-2-18/h17-18H,1-14H2. The van der Waals surface area contributed by atoms with Crippen LogP contribution in [0.1, 0.15) is 0 Å². The predicted octanol–water partition coefficient (Wildman–Crippen LogP) is 1.45. The molecule has 2 N–H and O–H groups in total. The number of esters is 2. The summed E-state index contributed by atoms with van der Waals surface area (Å²) in [5.74, 6) is 3.13. The van der Waals surface area contributed by atoms with Crippen molar-refractivity contribution in [2.24, 2.45) is 0 Å². The van der Waals surface area contributed by atoms with Crippen molar-refractivity contribution >= 4 is 70.7 Å². The molecule has 0 rings (SSSR count). The molecular weight excluding hydrogens is 513 g/mol. The van der Waals surface area contributed by atoms with E-state index in [1.807, 2.05) is 0 Å². The van der Waals surface area contributed by atoms with Crippen molar-refractivity contribution in [1.82, 2.24) is 0 Å². The van der Waals surface area contributed by atoms with Gasteiger partial charge >= 0.3 is 11.9 Å². The molecule has 0 saturated carbocycles. The third-order valence-corrected chi connectivity index (χ3v) is 6.40. The van der Waals surface area contributed by atoms with Crippen molar-refractivity contribution in [2.75, 3.05) is 84.7 Å². The molecule has 0 aliphatic heterocycles. The first-order valence-electron chi connectivity index (χ1n) is 9.11. The second-order valence-electron chi connectivity index (χ2n) is 4.96. The van der Waals surface area contributed by atoms with Crippen molar-refractivity contribution in [1.29, 1.82) is 0 Å². The predicted molar refractivity (Wildman–Crippen MR) is 127 cm³/mol. The summed E-state index contributed by atoms with van der Waals surface area (Å²) in [5, 5.41) is 17.2. The number of hydrogen-bond acceptors (Lipinski definition) is 15. The smallest absolute Gasteiger partial charge is 0.316 e. The Morgan fingerprint density at radius 1 is 0.548 bits per heavy atom. The molecule has 0 aromatic carbocycles. The molecular formula is C16H30O10S5. The average molecular weight is 543 g/mol. The fourth-order valence-corrected chi connectivity index (χ4v) is 3.75. The first kappa shape index (κ1) is 31.4. The number of ether oxygens (including phenoxy) is 2. The Bertz CT molecular complexity index is 422. The van der Waals surface area contributed by atoms with E-state index >= 15 is 0 Å². The van der Waals surface area contributed by atoms with Gasteiger partial charge in [0, 0.05) is 23.0 Å². The zero-order valence-corrected chi connectivity index (χ0v) is 21.2. The summed E-state index contributed by atoms with van der Waals surface area (Å²) in [7, 11) is 0. The van der Waals surface area contributed by atoms with Crippen LogP contribution in [0, 0.1) is 0 Å². The van der Waals surface area contributed by atoms with Crippen LogP contribution in [0.4, 0.5) is 0 Å². The Hall–Kier alpha value is 0.450. The van der Waals surface area contributed by atoms with E-state index in [1.54, 1.807) is 0 Å². The quantitative estimate of drug-likeness (QED) is 0.0599. The Morgan fingerprint density at radius 2 is 1.00 bits per heavy atom. The van der Waals surface area contributed by atoms with Gasteiger partial charge in [-0.1, -0.05) is 11.8 Å². The fraction of sp³-hybridized carbons (Fsp3) is 0.875. The zero-order valence-electron chi connectivity index (χ0n) is 17.1. The van der Waals surface area contributed by atoms with Gasteiger partial charge in [0.25, 0.3) is 0 Å². The topological polar surface area (TPSA) is 130 Å². The van der Waals surface area contributed by atoms with E-state index in [9.17, 15) is 9.59 Å². The van der Waals surface area contributed by atoms with Crippen molar-refractivity contribution < 1.29 is 48.8 Å². The number of rotatable bonds is 24. The zero-order chi connectivity index (χ0) is 22.8. The average Bonchev–Trinajstić information content (AvgIpc) is 2.76. The molecule has 10 nitrogen and oxygen atoms in total. The molecule has 0 atom stereocenters. The van der Waals surface area contributed by atoms with Crippen LogP contribution in [0.3, 0.4) is 0 Å². The lowest BCUT2D eigenvalue weighted by atomic mass is 10.8. The van der Waals surface area contributed by atoms with Gasteiger partial charge in [0.05, 0.1) is 37.9 Å². The Morgan fingerprint density at radius 3 is 1.52 bits per heavy atom.